The summed E-state index contributed by atoms with van der Waals surface area (Å²) < 4.78 is 1.06. The van der Waals surface area contributed by atoms with Gasteiger partial charge in [0.15, 0.2) is 0 Å². The second-order valence-electron chi connectivity index (χ2n) is 4.79. The molecule has 2 rings (SSSR count). The zero-order valence-corrected chi connectivity index (χ0v) is 12.6. The second kappa shape index (κ2) is 5.25. The van der Waals surface area contributed by atoms with Gasteiger partial charge in [0.1, 0.15) is 0 Å². The molecule has 1 unspecified atom stereocenters. The van der Waals surface area contributed by atoms with Gasteiger partial charge in [-0.2, -0.15) is 0 Å². The maximum Gasteiger partial charge on any atom is 0.0565 e. The summed E-state index contributed by atoms with van der Waals surface area (Å²) in [7, 11) is 0. The van der Waals surface area contributed by atoms with Gasteiger partial charge in [-0.15, -0.1) is 0 Å². The third-order valence-corrected chi connectivity index (χ3v) is 4.18. The molecule has 0 saturated carbocycles. The number of benzene rings is 2. The van der Waals surface area contributed by atoms with E-state index in [1.54, 1.807) is 0 Å². The highest BCUT2D eigenvalue weighted by Crippen LogP contribution is 2.29. The molecule has 0 aliphatic heterocycles. The van der Waals surface area contributed by atoms with Gasteiger partial charge in [0.25, 0.3) is 0 Å². The zero-order chi connectivity index (χ0) is 13.3. The molecule has 0 aromatic heterocycles. The molecule has 0 amide bonds. The van der Waals surface area contributed by atoms with E-state index in [2.05, 4.69) is 54.9 Å². The monoisotopic (exact) mass is 303 g/mol. The quantitative estimate of drug-likeness (QED) is 0.873. The smallest absolute Gasteiger partial charge is 0.0565 e. The lowest BCUT2D eigenvalue weighted by Gasteiger charge is -2.18. The van der Waals surface area contributed by atoms with Crippen molar-refractivity contribution in [2.75, 3.05) is 0 Å². The highest BCUT2D eigenvalue weighted by molar-refractivity contribution is 9.10. The van der Waals surface area contributed by atoms with E-state index in [0.29, 0.717) is 0 Å². The third kappa shape index (κ3) is 2.50. The van der Waals surface area contributed by atoms with Crippen molar-refractivity contribution in [3.8, 4) is 0 Å². The number of hydrogen-bond acceptors (Lipinski definition) is 1. The molecule has 1 atom stereocenters. The first-order valence-corrected chi connectivity index (χ1v) is 6.87. The van der Waals surface area contributed by atoms with Crippen LogP contribution in [0, 0.1) is 20.8 Å². The minimum atomic E-state index is -0.0834. The Labute approximate surface area is 117 Å². The summed E-state index contributed by atoms with van der Waals surface area (Å²) in [5.41, 5.74) is 12.6. The first-order chi connectivity index (χ1) is 8.50. The fourth-order valence-corrected chi connectivity index (χ4v) is 2.74. The topological polar surface area (TPSA) is 26.0 Å². The average molecular weight is 304 g/mol. The van der Waals surface area contributed by atoms with Crippen molar-refractivity contribution in [2.24, 2.45) is 5.73 Å². The van der Waals surface area contributed by atoms with E-state index in [1.165, 1.54) is 22.3 Å². The van der Waals surface area contributed by atoms with Crippen molar-refractivity contribution in [2.45, 2.75) is 26.8 Å². The van der Waals surface area contributed by atoms with Crippen molar-refractivity contribution in [1.29, 1.82) is 0 Å². The molecule has 2 N–H and O–H groups in total. The van der Waals surface area contributed by atoms with Crippen LogP contribution in [0.5, 0.6) is 0 Å². The number of aryl methyl sites for hydroxylation is 3. The Morgan fingerprint density at radius 2 is 1.50 bits per heavy atom. The van der Waals surface area contributed by atoms with Crippen LogP contribution in [0.15, 0.2) is 40.9 Å². The van der Waals surface area contributed by atoms with Gasteiger partial charge in [-0.25, -0.2) is 0 Å². The van der Waals surface area contributed by atoms with Crippen molar-refractivity contribution < 1.29 is 0 Å². The number of nitrogens with two attached hydrogens (primary N) is 1. The Balaban J connectivity index is 2.50. The summed E-state index contributed by atoms with van der Waals surface area (Å²) in [5, 5.41) is 0. The lowest BCUT2D eigenvalue weighted by molar-refractivity contribution is 0.853. The van der Waals surface area contributed by atoms with E-state index in [1.807, 2.05) is 18.2 Å². The molecule has 0 fully saturated rings. The van der Waals surface area contributed by atoms with Gasteiger partial charge in [-0.1, -0.05) is 46.3 Å². The van der Waals surface area contributed by atoms with E-state index in [4.69, 9.17) is 5.73 Å². The average Bonchev–Trinajstić information content (AvgIpc) is 2.33. The molecular formula is C16H18BrN. The van der Waals surface area contributed by atoms with Gasteiger partial charge in [-0.3, -0.25) is 0 Å². The lowest BCUT2D eigenvalue weighted by atomic mass is 9.92. The Morgan fingerprint density at radius 1 is 0.889 bits per heavy atom. The molecule has 0 saturated heterocycles. The molecule has 18 heavy (non-hydrogen) atoms. The molecule has 0 bridgehead atoms. The van der Waals surface area contributed by atoms with Crippen LogP contribution in [0.1, 0.15) is 33.9 Å². The fourth-order valence-electron chi connectivity index (χ4n) is 2.21. The summed E-state index contributed by atoms with van der Waals surface area (Å²) in [6, 6.07) is 12.5. The number of halogens is 1. The predicted molar refractivity (Wildman–Crippen MR) is 80.8 cm³/mol. The standard InChI is InChI=1S/C16H18BrN/c1-10-8-12(3)14(9-11(10)2)16(18)13-6-4-5-7-15(13)17/h4-9,16H,18H2,1-3H3. The Kier molecular flexibility index (Phi) is 3.88. The summed E-state index contributed by atoms with van der Waals surface area (Å²) in [6.07, 6.45) is 0. The molecule has 2 heteroatoms. The van der Waals surface area contributed by atoms with E-state index in [9.17, 15) is 0 Å². The SMILES string of the molecule is Cc1cc(C)c(C(N)c2ccccc2Br)cc1C. The zero-order valence-electron chi connectivity index (χ0n) is 11.0. The first-order valence-electron chi connectivity index (χ1n) is 6.08. The van der Waals surface area contributed by atoms with Crippen LogP contribution in [-0.4, -0.2) is 0 Å². The summed E-state index contributed by atoms with van der Waals surface area (Å²) in [6.45, 7) is 6.39. The predicted octanol–water partition coefficient (Wildman–Crippen LogP) is 4.42. The van der Waals surface area contributed by atoms with Crippen LogP contribution in [0.3, 0.4) is 0 Å². The van der Waals surface area contributed by atoms with Crippen molar-refractivity contribution in [3.05, 3.63) is 68.7 Å². The first kappa shape index (κ1) is 13.3. The van der Waals surface area contributed by atoms with Crippen molar-refractivity contribution in [1.82, 2.24) is 0 Å². The molecule has 94 valence electrons. The van der Waals surface area contributed by atoms with E-state index in [-0.39, 0.29) is 6.04 Å². The van der Waals surface area contributed by atoms with Crippen LogP contribution in [0.4, 0.5) is 0 Å². The summed E-state index contributed by atoms with van der Waals surface area (Å²) in [5.74, 6) is 0. The van der Waals surface area contributed by atoms with E-state index in [0.717, 1.165) is 10.0 Å². The van der Waals surface area contributed by atoms with Gasteiger partial charge >= 0.3 is 0 Å². The fraction of sp³-hybridized carbons (Fsp3) is 0.250. The summed E-state index contributed by atoms with van der Waals surface area (Å²) in [4.78, 5) is 0. The molecule has 0 heterocycles. The molecule has 2 aromatic rings. The second-order valence-corrected chi connectivity index (χ2v) is 5.65. The maximum absolute atomic E-state index is 6.41. The van der Waals surface area contributed by atoms with Crippen LogP contribution >= 0.6 is 15.9 Å². The van der Waals surface area contributed by atoms with Crippen LogP contribution < -0.4 is 5.73 Å². The molecule has 0 aliphatic carbocycles. The molecule has 0 aliphatic rings. The van der Waals surface area contributed by atoms with Crippen LogP contribution in [-0.2, 0) is 0 Å². The lowest BCUT2D eigenvalue weighted by Crippen LogP contribution is -2.14. The van der Waals surface area contributed by atoms with Gasteiger partial charge < -0.3 is 5.73 Å². The Morgan fingerprint density at radius 3 is 2.17 bits per heavy atom. The van der Waals surface area contributed by atoms with Crippen LogP contribution in [0.2, 0.25) is 0 Å². The van der Waals surface area contributed by atoms with Gasteiger partial charge in [0.05, 0.1) is 6.04 Å². The van der Waals surface area contributed by atoms with Crippen molar-refractivity contribution >= 4 is 15.9 Å². The highest BCUT2D eigenvalue weighted by atomic mass is 79.9. The maximum atomic E-state index is 6.41. The van der Waals surface area contributed by atoms with E-state index >= 15 is 0 Å². The molecule has 0 radical (unpaired) electrons. The Bertz CT molecular complexity index is 575. The van der Waals surface area contributed by atoms with Gasteiger partial charge in [0.2, 0.25) is 0 Å². The molecule has 2 aromatic carbocycles. The van der Waals surface area contributed by atoms with E-state index < -0.39 is 0 Å². The van der Waals surface area contributed by atoms with Gasteiger partial charge in [0, 0.05) is 4.47 Å². The third-order valence-electron chi connectivity index (χ3n) is 3.46. The normalized spacial score (nSPS) is 12.5. The summed E-state index contributed by atoms with van der Waals surface area (Å²) >= 11 is 3.57. The highest BCUT2D eigenvalue weighted by Gasteiger charge is 2.14. The van der Waals surface area contributed by atoms with Gasteiger partial charge in [-0.05, 0) is 54.7 Å². The molecule has 0 spiro atoms. The minimum Gasteiger partial charge on any atom is -0.320 e. The number of rotatable bonds is 2. The van der Waals surface area contributed by atoms with Crippen LogP contribution in [0.25, 0.3) is 0 Å². The molecule has 1 nitrogen and oxygen atoms in total. The number of hydrogen-bond donors (Lipinski definition) is 1. The Hall–Kier alpha value is -1.12. The van der Waals surface area contributed by atoms with Crippen molar-refractivity contribution in [3.63, 3.8) is 0 Å². The molecular weight excluding hydrogens is 286 g/mol. The largest absolute Gasteiger partial charge is 0.320 e. The minimum absolute atomic E-state index is 0.0834.